The fraction of sp³-hybridized carbons (Fsp3) is 0.261. The van der Waals surface area contributed by atoms with Crippen LogP contribution in [-0.4, -0.2) is 33.3 Å². The van der Waals surface area contributed by atoms with E-state index in [9.17, 15) is 4.79 Å². The molecule has 1 N–H and O–H groups in total. The highest BCUT2D eigenvalue weighted by molar-refractivity contribution is 6.00. The lowest BCUT2D eigenvalue weighted by atomic mass is 10.1. The molecule has 146 valence electrons. The Kier molecular flexibility index (Phi) is 6.04. The Morgan fingerprint density at radius 3 is 2.39 bits per heavy atom. The maximum Gasteiger partial charge on any atom is 0.417 e. The van der Waals surface area contributed by atoms with Gasteiger partial charge in [0.1, 0.15) is 0 Å². The van der Waals surface area contributed by atoms with Crippen molar-refractivity contribution in [3.05, 3.63) is 60.7 Å². The summed E-state index contributed by atoms with van der Waals surface area (Å²) in [6.45, 7) is 6.10. The Hall–Kier alpha value is -3.21. The maximum atomic E-state index is 12.6. The number of anilines is 3. The van der Waals surface area contributed by atoms with Crippen molar-refractivity contribution in [3.63, 3.8) is 0 Å². The third-order valence-corrected chi connectivity index (χ3v) is 4.78. The van der Waals surface area contributed by atoms with Crippen LogP contribution in [0.25, 0.3) is 10.8 Å². The van der Waals surface area contributed by atoms with Gasteiger partial charge in [0.25, 0.3) is 0 Å². The molecule has 0 aliphatic rings. The Labute approximate surface area is 166 Å². The fourth-order valence-electron chi connectivity index (χ4n) is 3.30. The topological polar surface area (TPSA) is 44.8 Å². The van der Waals surface area contributed by atoms with Gasteiger partial charge in [0.15, 0.2) is 5.75 Å². The molecule has 0 radical (unpaired) electrons. The van der Waals surface area contributed by atoms with Crippen LogP contribution >= 0.6 is 0 Å². The van der Waals surface area contributed by atoms with Crippen LogP contribution in [0.15, 0.2) is 60.7 Å². The highest BCUT2D eigenvalue weighted by atomic mass is 16.6. The first-order chi connectivity index (χ1) is 13.5. The predicted molar refractivity (Wildman–Crippen MR) is 118 cm³/mol. The third kappa shape index (κ3) is 4.19. The number of carbonyl (C=O) groups excluding carboxylic acids is 1. The summed E-state index contributed by atoms with van der Waals surface area (Å²) >= 11 is 0. The minimum Gasteiger partial charge on any atom is -0.408 e. The summed E-state index contributed by atoms with van der Waals surface area (Å²) in [4.78, 5) is 16.8. The zero-order valence-electron chi connectivity index (χ0n) is 16.9. The van der Waals surface area contributed by atoms with Gasteiger partial charge in [-0.25, -0.2) is 4.79 Å². The molecule has 0 unspecified atom stereocenters. The fourth-order valence-corrected chi connectivity index (χ4v) is 3.30. The summed E-state index contributed by atoms with van der Waals surface area (Å²) in [5.41, 5.74) is 2.70. The number of nitrogens with one attached hydrogen (secondary N) is 1. The van der Waals surface area contributed by atoms with Crippen molar-refractivity contribution in [2.45, 2.75) is 13.8 Å². The molecule has 28 heavy (non-hydrogen) atoms. The molecule has 0 saturated heterocycles. The van der Waals surface area contributed by atoms with Crippen molar-refractivity contribution in [2.75, 3.05) is 42.3 Å². The number of benzene rings is 3. The van der Waals surface area contributed by atoms with Gasteiger partial charge < -0.3 is 14.5 Å². The molecule has 3 rings (SSSR count). The van der Waals surface area contributed by atoms with Crippen LogP contribution in [0, 0.1) is 0 Å². The lowest BCUT2D eigenvalue weighted by Gasteiger charge is -2.24. The van der Waals surface area contributed by atoms with Gasteiger partial charge in [0, 0.05) is 38.3 Å². The average Bonchev–Trinajstić information content (AvgIpc) is 2.70. The third-order valence-electron chi connectivity index (χ3n) is 4.78. The zero-order valence-corrected chi connectivity index (χ0v) is 16.9. The summed E-state index contributed by atoms with van der Waals surface area (Å²) in [7, 11) is 3.88. The molecule has 0 bridgehead atoms. The SMILES string of the molecule is CCN(CC)c1ccc(OC(=O)Nc2cccc3ccccc23)c(N(C)C)c1. The first-order valence-corrected chi connectivity index (χ1v) is 9.56. The molecule has 0 aliphatic heterocycles. The van der Waals surface area contributed by atoms with Crippen LogP contribution in [0.3, 0.4) is 0 Å². The van der Waals surface area contributed by atoms with Gasteiger partial charge in [-0.1, -0.05) is 36.4 Å². The van der Waals surface area contributed by atoms with Crippen molar-refractivity contribution < 1.29 is 9.53 Å². The van der Waals surface area contributed by atoms with E-state index in [1.807, 2.05) is 79.7 Å². The van der Waals surface area contributed by atoms with E-state index >= 15 is 0 Å². The molecule has 0 aliphatic carbocycles. The molecule has 1 amide bonds. The van der Waals surface area contributed by atoms with Gasteiger partial charge in [-0.05, 0) is 43.5 Å². The minimum atomic E-state index is -0.505. The smallest absolute Gasteiger partial charge is 0.408 e. The first-order valence-electron chi connectivity index (χ1n) is 9.56. The predicted octanol–water partition coefficient (Wildman–Crippen LogP) is 5.36. The van der Waals surface area contributed by atoms with E-state index < -0.39 is 6.09 Å². The Bertz CT molecular complexity index is 960. The molecule has 3 aromatic rings. The van der Waals surface area contributed by atoms with Gasteiger partial charge >= 0.3 is 6.09 Å². The van der Waals surface area contributed by atoms with Crippen LogP contribution in [0.1, 0.15) is 13.8 Å². The van der Waals surface area contributed by atoms with Crippen LogP contribution in [0.4, 0.5) is 21.9 Å². The lowest BCUT2D eigenvalue weighted by Crippen LogP contribution is -2.23. The molecule has 0 atom stereocenters. The van der Waals surface area contributed by atoms with Crippen LogP contribution in [-0.2, 0) is 0 Å². The summed E-state index contributed by atoms with van der Waals surface area (Å²) in [5.74, 6) is 0.527. The van der Waals surface area contributed by atoms with Gasteiger partial charge in [-0.2, -0.15) is 0 Å². The summed E-state index contributed by atoms with van der Waals surface area (Å²) < 4.78 is 5.65. The van der Waals surface area contributed by atoms with E-state index in [1.165, 1.54) is 0 Å². The number of nitrogens with zero attached hydrogens (tertiary/aromatic N) is 2. The molecule has 3 aromatic carbocycles. The Balaban J connectivity index is 1.83. The molecule has 5 heteroatoms. The van der Waals surface area contributed by atoms with E-state index in [-0.39, 0.29) is 0 Å². The van der Waals surface area contributed by atoms with E-state index in [1.54, 1.807) is 0 Å². The normalized spacial score (nSPS) is 10.6. The van der Waals surface area contributed by atoms with Crippen LogP contribution < -0.4 is 19.9 Å². The maximum absolute atomic E-state index is 12.6. The van der Waals surface area contributed by atoms with Crippen molar-refractivity contribution in [3.8, 4) is 5.75 Å². The molecule has 0 aromatic heterocycles. The van der Waals surface area contributed by atoms with E-state index in [0.717, 1.165) is 40.9 Å². The summed E-state index contributed by atoms with van der Waals surface area (Å²) in [6.07, 6.45) is -0.505. The van der Waals surface area contributed by atoms with E-state index in [4.69, 9.17) is 4.74 Å². The molecule has 0 saturated carbocycles. The minimum absolute atomic E-state index is 0.505. The van der Waals surface area contributed by atoms with Gasteiger partial charge in [0.2, 0.25) is 0 Å². The quantitative estimate of drug-likeness (QED) is 0.628. The number of fused-ring (bicyclic) bond motifs is 1. The lowest BCUT2D eigenvalue weighted by molar-refractivity contribution is 0.215. The van der Waals surface area contributed by atoms with E-state index in [2.05, 4.69) is 24.1 Å². The van der Waals surface area contributed by atoms with Gasteiger partial charge in [0.05, 0.1) is 11.4 Å². The monoisotopic (exact) mass is 377 g/mol. The second kappa shape index (κ2) is 8.65. The average molecular weight is 377 g/mol. The van der Waals surface area contributed by atoms with Gasteiger partial charge in [-0.15, -0.1) is 0 Å². The molecule has 0 heterocycles. The zero-order chi connectivity index (χ0) is 20.1. The van der Waals surface area contributed by atoms with E-state index in [0.29, 0.717) is 5.75 Å². The largest absolute Gasteiger partial charge is 0.417 e. The van der Waals surface area contributed by atoms with Gasteiger partial charge in [-0.3, -0.25) is 5.32 Å². The van der Waals surface area contributed by atoms with Crippen molar-refractivity contribution >= 4 is 33.9 Å². The number of amides is 1. The molecular formula is C23H27N3O2. The standard InChI is InChI=1S/C23H27N3O2/c1-5-26(6-2)18-14-15-22(21(16-18)25(3)4)28-23(27)24-20-13-9-11-17-10-7-8-12-19(17)20/h7-16H,5-6H2,1-4H3,(H,24,27). The molecule has 5 nitrogen and oxygen atoms in total. The second-order valence-electron chi connectivity index (χ2n) is 6.76. The number of carbonyl (C=O) groups is 1. The highest BCUT2D eigenvalue weighted by Crippen LogP contribution is 2.32. The number of hydrogen-bond acceptors (Lipinski definition) is 4. The molecule has 0 fully saturated rings. The van der Waals surface area contributed by atoms with Crippen molar-refractivity contribution in [2.24, 2.45) is 0 Å². The number of hydrogen-bond donors (Lipinski definition) is 1. The Morgan fingerprint density at radius 2 is 1.68 bits per heavy atom. The second-order valence-corrected chi connectivity index (χ2v) is 6.76. The van der Waals surface area contributed by atoms with Crippen molar-refractivity contribution in [1.29, 1.82) is 0 Å². The molecular weight excluding hydrogens is 350 g/mol. The summed E-state index contributed by atoms with van der Waals surface area (Å²) in [6, 6.07) is 19.6. The number of rotatable bonds is 6. The summed E-state index contributed by atoms with van der Waals surface area (Å²) in [5, 5.41) is 4.92. The van der Waals surface area contributed by atoms with Crippen LogP contribution in [0.2, 0.25) is 0 Å². The highest BCUT2D eigenvalue weighted by Gasteiger charge is 2.14. The Morgan fingerprint density at radius 1 is 0.964 bits per heavy atom. The number of ether oxygens (including phenoxy) is 1. The van der Waals surface area contributed by atoms with Crippen molar-refractivity contribution in [1.82, 2.24) is 0 Å². The first kappa shape index (κ1) is 19.5. The van der Waals surface area contributed by atoms with Crippen LogP contribution in [0.5, 0.6) is 5.75 Å². The molecule has 0 spiro atoms.